The van der Waals surface area contributed by atoms with Gasteiger partial charge in [-0.3, -0.25) is 0 Å². The summed E-state index contributed by atoms with van der Waals surface area (Å²) >= 11 is 3.13. The van der Waals surface area contributed by atoms with E-state index in [9.17, 15) is 4.39 Å². The molecule has 0 spiro atoms. The summed E-state index contributed by atoms with van der Waals surface area (Å²) in [4.78, 5) is 0. The third-order valence-electron chi connectivity index (χ3n) is 2.02. The van der Waals surface area contributed by atoms with E-state index >= 15 is 0 Å². The van der Waals surface area contributed by atoms with Gasteiger partial charge in [-0.15, -0.1) is 0 Å². The largest absolute Gasteiger partial charge is 0.313 e. The van der Waals surface area contributed by atoms with Crippen LogP contribution in [0.2, 0.25) is 0 Å². The lowest BCUT2D eigenvalue weighted by molar-refractivity contribution is 0.609. The summed E-state index contributed by atoms with van der Waals surface area (Å²) < 4.78 is 13.6. The van der Waals surface area contributed by atoms with Gasteiger partial charge in [-0.05, 0) is 46.6 Å². The molecule has 1 rings (SSSR count). The van der Waals surface area contributed by atoms with Crippen molar-refractivity contribution in [1.82, 2.24) is 5.32 Å². The minimum atomic E-state index is -0.195. The summed E-state index contributed by atoms with van der Waals surface area (Å²) in [6.45, 7) is 3.89. The smallest absolute Gasteiger partial charge is 0.137 e. The normalized spacial score (nSPS) is 10.5. The molecular formula is C11H15BrFN. The molecule has 0 atom stereocenters. The summed E-state index contributed by atoms with van der Waals surface area (Å²) in [7, 11) is 0. The summed E-state index contributed by atoms with van der Waals surface area (Å²) in [6, 6.07) is 5.22. The molecule has 0 aliphatic carbocycles. The second-order valence-corrected chi connectivity index (χ2v) is 4.13. The number of rotatable bonds is 5. The monoisotopic (exact) mass is 259 g/mol. The van der Waals surface area contributed by atoms with E-state index in [2.05, 4.69) is 28.2 Å². The fourth-order valence-corrected chi connectivity index (χ4v) is 1.43. The minimum absolute atomic E-state index is 0.195. The van der Waals surface area contributed by atoms with E-state index in [0.29, 0.717) is 4.47 Å². The highest BCUT2D eigenvalue weighted by Gasteiger charge is 1.99. The van der Waals surface area contributed by atoms with Crippen LogP contribution in [-0.4, -0.2) is 6.54 Å². The number of hydrogen-bond acceptors (Lipinski definition) is 1. The number of benzene rings is 1. The van der Waals surface area contributed by atoms with Gasteiger partial charge in [0.2, 0.25) is 0 Å². The Morgan fingerprint density at radius 1 is 1.43 bits per heavy atom. The Hall–Kier alpha value is -0.410. The fourth-order valence-electron chi connectivity index (χ4n) is 1.18. The second-order valence-electron chi connectivity index (χ2n) is 3.28. The van der Waals surface area contributed by atoms with Crippen LogP contribution in [0.3, 0.4) is 0 Å². The number of nitrogens with one attached hydrogen (secondary N) is 1. The maximum absolute atomic E-state index is 13.1. The Morgan fingerprint density at radius 3 is 2.86 bits per heavy atom. The molecule has 0 radical (unpaired) electrons. The third kappa shape index (κ3) is 3.76. The van der Waals surface area contributed by atoms with Crippen LogP contribution in [-0.2, 0) is 6.54 Å². The molecule has 0 bridgehead atoms. The Kier molecular flexibility index (Phi) is 5.12. The molecule has 0 aliphatic rings. The molecule has 0 aliphatic heterocycles. The first-order valence-electron chi connectivity index (χ1n) is 4.88. The van der Waals surface area contributed by atoms with Gasteiger partial charge in [0.05, 0.1) is 4.47 Å². The SMILES string of the molecule is CCCCNCc1ccc(Br)c(F)c1. The highest BCUT2D eigenvalue weighted by Crippen LogP contribution is 2.16. The van der Waals surface area contributed by atoms with Crippen molar-refractivity contribution in [2.75, 3.05) is 6.54 Å². The zero-order chi connectivity index (χ0) is 10.4. The van der Waals surface area contributed by atoms with E-state index in [-0.39, 0.29) is 5.82 Å². The van der Waals surface area contributed by atoms with Crippen LogP contribution < -0.4 is 5.32 Å². The molecule has 78 valence electrons. The van der Waals surface area contributed by atoms with Crippen LogP contribution in [0.15, 0.2) is 22.7 Å². The maximum atomic E-state index is 13.1. The molecule has 0 fully saturated rings. The summed E-state index contributed by atoms with van der Waals surface area (Å²) in [5.41, 5.74) is 0.988. The Balaban J connectivity index is 2.39. The first-order valence-corrected chi connectivity index (χ1v) is 5.68. The molecule has 0 unspecified atom stereocenters. The van der Waals surface area contributed by atoms with Crippen LogP contribution in [0, 0.1) is 5.82 Å². The van der Waals surface area contributed by atoms with Crippen LogP contribution >= 0.6 is 15.9 Å². The predicted octanol–water partition coefficient (Wildman–Crippen LogP) is 3.48. The number of halogens is 2. The Labute approximate surface area is 92.8 Å². The third-order valence-corrected chi connectivity index (χ3v) is 2.66. The van der Waals surface area contributed by atoms with E-state index in [1.807, 2.05) is 6.07 Å². The van der Waals surface area contributed by atoms with E-state index < -0.39 is 0 Å². The molecule has 1 aromatic rings. The Bertz CT molecular complexity index is 289. The summed E-state index contributed by atoms with van der Waals surface area (Å²) in [6.07, 6.45) is 2.35. The van der Waals surface area contributed by atoms with Gasteiger partial charge in [0.25, 0.3) is 0 Å². The van der Waals surface area contributed by atoms with Gasteiger partial charge in [-0.1, -0.05) is 19.4 Å². The van der Waals surface area contributed by atoms with Crippen molar-refractivity contribution in [3.8, 4) is 0 Å². The molecule has 1 N–H and O–H groups in total. The van der Waals surface area contributed by atoms with Gasteiger partial charge in [0.15, 0.2) is 0 Å². The van der Waals surface area contributed by atoms with E-state index in [1.165, 1.54) is 12.8 Å². The molecule has 1 nitrogen and oxygen atoms in total. The molecule has 14 heavy (non-hydrogen) atoms. The van der Waals surface area contributed by atoms with Crippen molar-refractivity contribution >= 4 is 15.9 Å². The molecule has 0 saturated heterocycles. The van der Waals surface area contributed by atoms with Gasteiger partial charge < -0.3 is 5.32 Å². The van der Waals surface area contributed by atoms with Gasteiger partial charge in [0.1, 0.15) is 5.82 Å². The van der Waals surface area contributed by atoms with Gasteiger partial charge in [-0.25, -0.2) is 4.39 Å². The highest BCUT2D eigenvalue weighted by molar-refractivity contribution is 9.10. The minimum Gasteiger partial charge on any atom is -0.313 e. The lowest BCUT2D eigenvalue weighted by atomic mass is 10.2. The van der Waals surface area contributed by atoms with Crippen molar-refractivity contribution in [2.45, 2.75) is 26.3 Å². The first-order chi connectivity index (χ1) is 6.74. The van der Waals surface area contributed by atoms with Crippen molar-refractivity contribution < 1.29 is 4.39 Å². The maximum Gasteiger partial charge on any atom is 0.137 e. The van der Waals surface area contributed by atoms with E-state index in [4.69, 9.17) is 0 Å². The zero-order valence-corrected chi connectivity index (χ0v) is 9.90. The van der Waals surface area contributed by atoms with Gasteiger partial charge in [0, 0.05) is 6.54 Å². The van der Waals surface area contributed by atoms with Crippen LogP contribution in [0.25, 0.3) is 0 Å². The van der Waals surface area contributed by atoms with Crippen molar-refractivity contribution in [3.05, 3.63) is 34.1 Å². The van der Waals surface area contributed by atoms with Crippen molar-refractivity contribution in [3.63, 3.8) is 0 Å². The lowest BCUT2D eigenvalue weighted by Crippen LogP contribution is -2.14. The first kappa shape index (κ1) is 11.7. The lowest BCUT2D eigenvalue weighted by Gasteiger charge is -2.04. The topological polar surface area (TPSA) is 12.0 Å². The van der Waals surface area contributed by atoms with Gasteiger partial charge in [-0.2, -0.15) is 0 Å². The standard InChI is InChI=1S/C11H15BrFN/c1-2-3-6-14-8-9-4-5-10(12)11(13)7-9/h4-5,7,14H,2-3,6,8H2,1H3. The highest BCUT2D eigenvalue weighted by atomic mass is 79.9. The Morgan fingerprint density at radius 2 is 2.21 bits per heavy atom. The van der Waals surface area contributed by atoms with Crippen LogP contribution in [0.4, 0.5) is 4.39 Å². The number of unbranched alkanes of at least 4 members (excludes halogenated alkanes) is 1. The molecule has 0 aromatic heterocycles. The van der Waals surface area contributed by atoms with E-state index in [1.54, 1.807) is 12.1 Å². The van der Waals surface area contributed by atoms with Crippen LogP contribution in [0.5, 0.6) is 0 Å². The molecule has 0 amide bonds. The molecular weight excluding hydrogens is 245 g/mol. The average Bonchev–Trinajstić information content (AvgIpc) is 2.18. The quantitative estimate of drug-likeness (QED) is 0.799. The van der Waals surface area contributed by atoms with Gasteiger partial charge >= 0.3 is 0 Å². The molecule has 0 heterocycles. The molecule has 1 aromatic carbocycles. The van der Waals surface area contributed by atoms with Crippen molar-refractivity contribution in [2.24, 2.45) is 0 Å². The predicted molar refractivity (Wildman–Crippen MR) is 60.7 cm³/mol. The summed E-state index contributed by atoms with van der Waals surface area (Å²) in [5, 5.41) is 3.27. The number of hydrogen-bond donors (Lipinski definition) is 1. The fraction of sp³-hybridized carbons (Fsp3) is 0.455. The van der Waals surface area contributed by atoms with E-state index in [0.717, 1.165) is 18.7 Å². The van der Waals surface area contributed by atoms with Crippen LogP contribution in [0.1, 0.15) is 25.3 Å². The van der Waals surface area contributed by atoms with Crippen molar-refractivity contribution in [1.29, 1.82) is 0 Å². The second kappa shape index (κ2) is 6.14. The zero-order valence-electron chi connectivity index (χ0n) is 8.32. The molecule has 3 heteroatoms. The average molecular weight is 260 g/mol. The summed E-state index contributed by atoms with van der Waals surface area (Å²) in [5.74, 6) is -0.195. The molecule has 0 saturated carbocycles.